The van der Waals surface area contributed by atoms with Gasteiger partial charge in [0, 0.05) is 18.9 Å². The minimum Gasteiger partial charge on any atom is -0.383 e. The van der Waals surface area contributed by atoms with Gasteiger partial charge in [-0.2, -0.15) is 5.10 Å². The first-order valence-electron chi connectivity index (χ1n) is 5.49. The van der Waals surface area contributed by atoms with Crippen molar-refractivity contribution in [2.24, 2.45) is 0 Å². The van der Waals surface area contributed by atoms with Crippen molar-refractivity contribution in [1.82, 2.24) is 9.78 Å². The van der Waals surface area contributed by atoms with Crippen LogP contribution in [0.2, 0.25) is 0 Å². The van der Waals surface area contributed by atoms with Crippen molar-refractivity contribution in [1.29, 1.82) is 0 Å². The Balaban J connectivity index is 2.26. The first-order valence-corrected chi connectivity index (χ1v) is 5.49. The van der Waals surface area contributed by atoms with Gasteiger partial charge in [-0.1, -0.05) is 12.1 Å². The van der Waals surface area contributed by atoms with E-state index in [2.05, 4.69) is 5.10 Å². The van der Waals surface area contributed by atoms with Crippen LogP contribution < -0.4 is 0 Å². The molecule has 3 nitrogen and oxygen atoms in total. The van der Waals surface area contributed by atoms with E-state index in [1.807, 2.05) is 17.8 Å². The number of rotatable bonds is 4. The molecule has 2 aromatic rings. The average molecular weight is 234 g/mol. The van der Waals surface area contributed by atoms with E-state index in [9.17, 15) is 4.39 Å². The zero-order valence-corrected chi connectivity index (χ0v) is 9.98. The van der Waals surface area contributed by atoms with Crippen molar-refractivity contribution in [3.63, 3.8) is 0 Å². The number of benzene rings is 1. The standard InChI is InChI=1S/C13H15FN2O/c1-10-13(9-16(15-10)7-8-17-2)11-3-5-12(14)6-4-11/h3-6,9H,7-8H2,1-2H3. The lowest BCUT2D eigenvalue weighted by atomic mass is 10.1. The third-order valence-corrected chi connectivity index (χ3v) is 2.63. The Morgan fingerprint density at radius 1 is 1.29 bits per heavy atom. The molecule has 2 rings (SSSR count). The van der Waals surface area contributed by atoms with E-state index in [1.54, 1.807) is 19.2 Å². The lowest BCUT2D eigenvalue weighted by Gasteiger charge is -1.99. The van der Waals surface area contributed by atoms with Crippen molar-refractivity contribution >= 4 is 0 Å². The van der Waals surface area contributed by atoms with Crippen molar-refractivity contribution in [3.05, 3.63) is 42.0 Å². The molecule has 0 aliphatic heterocycles. The van der Waals surface area contributed by atoms with E-state index >= 15 is 0 Å². The van der Waals surface area contributed by atoms with Crippen LogP contribution in [0.4, 0.5) is 4.39 Å². The second-order valence-electron chi connectivity index (χ2n) is 3.89. The van der Waals surface area contributed by atoms with Crippen LogP contribution >= 0.6 is 0 Å². The van der Waals surface area contributed by atoms with Crippen LogP contribution in [-0.4, -0.2) is 23.5 Å². The Morgan fingerprint density at radius 3 is 2.65 bits per heavy atom. The maximum atomic E-state index is 12.8. The molecule has 1 heterocycles. The van der Waals surface area contributed by atoms with Crippen LogP contribution in [0.3, 0.4) is 0 Å². The number of aryl methyl sites for hydroxylation is 1. The molecule has 0 saturated carbocycles. The molecule has 4 heteroatoms. The monoisotopic (exact) mass is 234 g/mol. The number of hydrogen-bond acceptors (Lipinski definition) is 2. The smallest absolute Gasteiger partial charge is 0.123 e. The van der Waals surface area contributed by atoms with Gasteiger partial charge in [0.25, 0.3) is 0 Å². The summed E-state index contributed by atoms with van der Waals surface area (Å²) in [5.41, 5.74) is 2.95. The molecule has 17 heavy (non-hydrogen) atoms. The number of ether oxygens (including phenoxy) is 1. The summed E-state index contributed by atoms with van der Waals surface area (Å²) >= 11 is 0. The molecule has 0 radical (unpaired) electrons. The quantitative estimate of drug-likeness (QED) is 0.813. The number of hydrogen-bond donors (Lipinski definition) is 0. The number of aromatic nitrogens is 2. The molecule has 0 spiro atoms. The van der Waals surface area contributed by atoms with Gasteiger partial charge in [-0.3, -0.25) is 4.68 Å². The predicted molar refractivity (Wildman–Crippen MR) is 64.2 cm³/mol. The van der Waals surface area contributed by atoms with E-state index in [1.165, 1.54) is 12.1 Å². The van der Waals surface area contributed by atoms with E-state index in [0.29, 0.717) is 6.61 Å². The molecule has 1 aromatic heterocycles. The third kappa shape index (κ3) is 2.71. The van der Waals surface area contributed by atoms with Gasteiger partial charge in [0.1, 0.15) is 5.82 Å². The van der Waals surface area contributed by atoms with Crippen LogP contribution in [0.15, 0.2) is 30.5 Å². The van der Waals surface area contributed by atoms with Crippen LogP contribution in [0.1, 0.15) is 5.69 Å². The molecule has 0 bridgehead atoms. The Morgan fingerprint density at radius 2 is 2.00 bits per heavy atom. The summed E-state index contributed by atoms with van der Waals surface area (Å²) in [4.78, 5) is 0. The largest absolute Gasteiger partial charge is 0.383 e. The first kappa shape index (κ1) is 11.8. The van der Waals surface area contributed by atoms with Gasteiger partial charge in [0.2, 0.25) is 0 Å². The van der Waals surface area contributed by atoms with Crippen LogP contribution in [0.5, 0.6) is 0 Å². The number of methoxy groups -OCH3 is 1. The summed E-state index contributed by atoms with van der Waals surface area (Å²) in [7, 11) is 1.66. The normalized spacial score (nSPS) is 10.8. The van der Waals surface area contributed by atoms with Crippen LogP contribution in [-0.2, 0) is 11.3 Å². The van der Waals surface area contributed by atoms with Crippen molar-refractivity contribution in [2.75, 3.05) is 13.7 Å². The summed E-state index contributed by atoms with van der Waals surface area (Å²) in [5, 5.41) is 4.39. The highest BCUT2D eigenvalue weighted by atomic mass is 19.1. The maximum absolute atomic E-state index is 12.8. The molecule has 0 unspecified atom stereocenters. The summed E-state index contributed by atoms with van der Waals surface area (Å²) in [6.07, 6.45) is 1.96. The van der Waals surface area contributed by atoms with Gasteiger partial charge < -0.3 is 4.74 Å². The first-order chi connectivity index (χ1) is 8.20. The average Bonchev–Trinajstić information content (AvgIpc) is 2.69. The zero-order valence-electron chi connectivity index (χ0n) is 9.98. The Hall–Kier alpha value is -1.68. The Kier molecular flexibility index (Phi) is 3.54. The maximum Gasteiger partial charge on any atom is 0.123 e. The minimum atomic E-state index is -0.224. The SMILES string of the molecule is COCCn1cc(-c2ccc(F)cc2)c(C)n1. The molecule has 0 aliphatic rings. The van der Waals surface area contributed by atoms with Crippen molar-refractivity contribution in [2.45, 2.75) is 13.5 Å². The summed E-state index contributed by atoms with van der Waals surface area (Å²) in [6, 6.07) is 6.45. The van der Waals surface area contributed by atoms with Gasteiger partial charge in [-0.05, 0) is 24.6 Å². The fourth-order valence-electron chi connectivity index (χ4n) is 1.73. The molecule has 0 aliphatic carbocycles. The van der Waals surface area contributed by atoms with E-state index in [-0.39, 0.29) is 5.82 Å². The topological polar surface area (TPSA) is 27.1 Å². The highest BCUT2D eigenvalue weighted by Crippen LogP contribution is 2.22. The second kappa shape index (κ2) is 5.10. The predicted octanol–water partition coefficient (Wildman–Crippen LogP) is 2.64. The number of halogens is 1. The van der Waals surface area contributed by atoms with Gasteiger partial charge >= 0.3 is 0 Å². The fourth-order valence-corrected chi connectivity index (χ4v) is 1.73. The molecule has 0 amide bonds. The minimum absolute atomic E-state index is 0.224. The number of nitrogens with zero attached hydrogens (tertiary/aromatic N) is 2. The van der Waals surface area contributed by atoms with Gasteiger partial charge in [-0.25, -0.2) is 4.39 Å². The van der Waals surface area contributed by atoms with Crippen molar-refractivity contribution in [3.8, 4) is 11.1 Å². The fraction of sp³-hybridized carbons (Fsp3) is 0.308. The van der Waals surface area contributed by atoms with E-state index in [4.69, 9.17) is 4.74 Å². The molecule has 90 valence electrons. The van der Waals surface area contributed by atoms with Crippen molar-refractivity contribution < 1.29 is 9.13 Å². The third-order valence-electron chi connectivity index (χ3n) is 2.63. The van der Waals surface area contributed by atoms with Gasteiger partial charge in [-0.15, -0.1) is 0 Å². The lowest BCUT2D eigenvalue weighted by Crippen LogP contribution is -2.04. The summed E-state index contributed by atoms with van der Waals surface area (Å²) in [6.45, 7) is 3.30. The molecule has 1 aromatic carbocycles. The molecule has 0 N–H and O–H groups in total. The molecular weight excluding hydrogens is 219 g/mol. The molecular formula is C13H15FN2O. The highest BCUT2D eigenvalue weighted by Gasteiger charge is 2.07. The van der Waals surface area contributed by atoms with E-state index < -0.39 is 0 Å². The summed E-state index contributed by atoms with van der Waals surface area (Å²) < 4.78 is 19.7. The second-order valence-corrected chi connectivity index (χ2v) is 3.89. The van der Waals surface area contributed by atoms with Crippen LogP contribution in [0, 0.1) is 12.7 Å². The molecule has 0 atom stereocenters. The van der Waals surface area contributed by atoms with Crippen LogP contribution in [0.25, 0.3) is 11.1 Å². The Bertz CT molecular complexity index is 491. The highest BCUT2D eigenvalue weighted by molar-refractivity contribution is 5.64. The summed E-state index contributed by atoms with van der Waals surface area (Å²) in [5.74, 6) is -0.224. The molecule has 0 fully saturated rings. The Labute approximate surface area is 99.8 Å². The lowest BCUT2D eigenvalue weighted by molar-refractivity contribution is 0.183. The zero-order chi connectivity index (χ0) is 12.3. The molecule has 0 saturated heterocycles. The van der Waals surface area contributed by atoms with Gasteiger partial charge in [0.15, 0.2) is 0 Å². The van der Waals surface area contributed by atoms with Gasteiger partial charge in [0.05, 0.1) is 18.8 Å². The van der Waals surface area contributed by atoms with E-state index in [0.717, 1.165) is 23.4 Å².